The number of hydrogen-bond acceptors (Lipinski definition) is 4. The summed E-state index contributed by atoms with van der Waals surface area (Å²) >= 11 is 0. The number of nitrogens with zero attached hydrogens (tertiary/aromatic N) is 4. The Kier molecular flexibility index (Phi) is 4.98. The zero-order valence-electron chi connectivity index (χ0n) is 17.3. The lowest BCUT2D eigenvalue weighted by molar-refractivity contribution is -0.163. The van der Waals surface area contributed by atoms with Gasteiger partial charge in [0.25, 0.3) is 0 Å². The molecule has 154 valence electrons. The molecule has 5 aliphatic rings. The zero-order chi connectivity index (χ0) is 20.1. The van der Waals surface area contributed by atoms with Crippen LogP contribution in [0.4, 0.5) is 0 Å². The largest absolute Gasteiger partial charge is 0.342 e. The maximum Gasteiger partial charge on any atom is 0.246 e. The molecule has 5 rings (SSSR count). The van der Waals surface area contributed by atoms with Gasteiger partial charge in [0.15, 0.2) is 0 Å². The molecule has 0 aromatic carbocycles. The lowest BCUT2D eigenvalue weighted by atomic mass is 9.61. The second-order valence-electron chi connectivity index (χ2n) is 9.49. The van der Waals surface area contributed by atoms with Crippen molar-refractivity contribution in [3.63, 3.8) is 0 Å². The second-order valence-corrected chi connectivity index (χ2v) is 9.49. The van der Waals surface area contributed by atoms with Crippen LogP contribution in [0.1, 0.15) is 32.6 Å². The molecule has 0 aromatic heterocycles. The number of piperidine rings is 1. The molecule has 3 amide bonds. The van der Waals surface area contributed by atoms with Crippen LogP contribution in [0.25, 0.3) is 0 Å². The van der Waals surface area contributed by atoms with Crippen molar-refractivity contribution in [1.82, 2.24) is 19.6 Å². The molecule has 5 fully saturated rings. The lowest BCUT2D eigenvalue weighted by Gasteiger charge is -2.57. The summed E-state index contributed by atoms with van der Waals surface area (Å²) in [6.07, 6.45) is 7.45. The Bertz CT molecular complexity index is 686. The van der Waals surface area contributed by atoms with Gasteiger partial charge in [-0.3, -0.25) is 14.4 Å². The highest BCUT2D eigenvalue weighted by atomic mass is 16.2. The van der Waals surface area contributed by atoms with E-state index < -0.39 is 0 Å². The molecule has 4 heterocycles. The summed E-state index contributed by atoms with van der Waals surface area (Å²) in [6, 6.07) is 0.348. The van der Waals surface area contributed by atoms with Gasteiger partial charge in [-0.1, -0.05) is 6.08 Å². The number of carbonyl (C=O) groups excluding carboxylic acids is 3. The number of likely N-dealkylation sites (N-methyl/N-ethyl adjacent to an activating group) is 1. The van der Waals surface area contributed by atoms with Gasteiger partial charge in [0.1, 0.15) is 0 Å². The van der Waals surface area contributed by atoms with Crippen LogP contribution in [0.3, 0.4) is 0 Å². The zero-order valence-corrected chi connectivity index (χ0v) is 17.3. The fraction of sp³-hybridized carbons (Fsp3) is 0.762. The Hall–Kier alpha value is -1.89. The van der Waals surface area contributed by atoms with Crippen LogP contribution in [-0.2, 0) is 14.4 Å². The number of fused-ring (bicyclic) bond motifs is 2. The topological polar surface area (TPSA) is 64.2 Å². The van der Waals surface area contributed by atoms with Gasteiger partial charge < -0.3 is 19.6 Å². The van der Waals surface area contributed by atoms with Crippen LogP contribution in [0, 0.1) is 11.3 Å². The molecular weight excluding hydrogens is 356 g/mol. The number of amides is 3. The number of likely N-dealkylation sites (tertiary alicyclic amines) is 1. The molecule has 2 bridgehead atoms. The van der Waals surface area contributed by atoms with Crippen molar-refractivity contribution in [2.45, 2.75) is 44.7 Å². The minimum absolute atomic E-state index is 0.0769. The van der Waals surface area contributed by atoms with E-state index >= 15 is 0 Å². The minimum Gasteiger partial charge on any atom is -0.342 e. The van der Waals surface area contributed by atoms with Gasteiger partial charge in [-0.25, -0.2) is 0 Å². The first kappa shape index (κ1) is 19.4. The van der Waals surface area contributed by atoms with Crippen molar-refractivity contribution in [3.05, 3.63) is 12.2 Å². The van der Waals surface area contributed by atoms with Gasteiger partial charge in [0.05, 0.1) is 12.1 Å². The average molecular weight is 389 g/mol. The van der Waals surface area contributed by atoms with Crippen LogP contribution >= 0.6 is 0 Å². The smallest absolute Gasteiger partial charge is 0.246 e. The van der Waals surface area contributed by atoms with Crippen molar-refractivity contribution in [1.29, 1.82) is 0 Å². The van der Waals surface area contributed by atoms with Crippen LogP contribution in [-0.4, -0.2) is 96.2 Å². The number of rotatable bonds is 4. The van der Waals surface area contributed by atoms with E-state index in [2.05, 4.69) is 0 Å². The molecule has 2 unspecified atom stereocenters. The predicted molar refractivity (Wildman–Crippen MR) is 105 cm³/mol. The van der Waals surface area contributed by atoms with Gasteiger partial charge in [-0.2, -0.15) is 0 Å². The first-order valence-electron chi connectivity index (χ1n) is 10.5. The van der Waals surface area contributed by atoms with E-state index in [9.17, 15) is 14.4 Å². The third-order valence-electron chi connectivity index (χ3n) is 7.08. The molecule has 0 aromatic rings. The SMILES string of the molecule is CC(=O)N1CCC2(CC(C(=O)N3CC4CC(C3)N4C(=O)/C=C/CN(C)C)C2)C1. The highest BCUT2D eigenvalue weighted by molar-refractivity contribution is 5.89. The van der Waals surface area contributed by atoms with Crippen molar-refractivity contribution in [2.24, 2.45) is 11.3 Å². The molecule has 1 spiro atoms. The first-order chi connectivity index (χ1) is 13.3. The molecule has 1 aliphatic carbocycles. The number of hydrogen-bond donors (Lipinski definition) is 0. The van der Waals surface area contributed by atoms with E-state index in [-0.39, 0.29) is 41.1 Å². The normalized spacial score (nSPS) is 34.1. The van der Waals surface area contributed by atoms with Gasteiger partial charge >= 0.3 is 0 Å². The van der Waals surface area contributed by atoms with Crippen molar-refractivity contribution < 1.29 is 14.4 Å². The van der Waals surface area contributed by atoms with Crippen LogP contribution < -0.4 is 0 Å². The summed E-state index contributed by atoms with van der Waals surface area (Å²) in [7, 11) is 3.95. The maximum atomic E-state index is 12.9. The third-order valence-corrected chi connectivity index (χ3v) is 7.08. The molecular formula is C21H32N4O3. The van der Waals surface area contributed by atoms with Gasteiger partial charge in [-0.15, -0.1) is 0 Å². The Morgan fingerprint density at radius 1 is 1.11 bits per heavy atom. The summed E-state index contributed by atoms with van der Waals surface area (Å²) in [5.74, 6) is 0.589. The molecule has 2 atom stereocenters. The average Bonchev–Trinajstić information content (AvgIpc) is 3.05. The molecule has 1 saturated carbocycles. The summed E-state index contributed by atoms with van der Waals surface area (Å²) in [5, 5.41) is 0. The molecule has 0 N–H and O–H groups in total. The van der Waals surface area contributed by atoms with Crippen LogP contribution in [0.2, 0.25) is 0 Å². The summed E-state index contributed by atoms with van der Waals surface area (Å²) in [5.41, 5.74) is 0.184. The van der Waals surface area contributed by atoms with E-state index in [4.69, 9.17) is 0 Å². The number of piperazine rings is 1. The van der Waals surface area contributed by atoms with E-state index in [0.29, 0.717) is 13.1 Å². The van der Waals surface area contributed by atoms with Gasteiger partial charge in [0, 0.05) is 51.6 Å². The minimum atomic E-state index is 0.0769. The van der Waals surface area contributed by atoms with E-state index in [1.54, 1.807) is 13.0 Å². The second kappa shape index (κ2) is 7.17. The molecule has 28 heavy (non-hydrogen) atoms. The van der Waals surface area contributed by atoms with E-state index in [1.165, 1.54) is 0 Å². The highest BCUT2D eigenvalue weighted by Gasteiger charge is 2.54. The van der Waals surface area contributed by atoms with Gasteiger partial charge in [0.2, 0.25) is 17.7 Å². The van der Waals surface area contributed by atoms with Crippen molar-refractivity contribution in [2.75, 3.05) is 46.8 Å². The standard InChI is InChI=1S/C21H32N4O3/c1-15(26)23-8-6-21(14-23)10-16(11-21)20(28)24-12-17-9-18(13-24)25(17)19(27)5-4-7-22(2)3/h4-5,16-18H,6-14H2,1-3H3/b5-4+. The first-order valence-corrected chi connectivity index (χ1v) is 10.5. The quantitative estimate of drug-likeness (QED) is 0.661. The lowest BCUT2D eigenvalue weighted by Crippen LogP contribution is -2.71. The maximum absolute atomic E-state index is 12.9. The van der Waals surface area contributed by atoms with E-state index in [0.717, 1.165) is 45.3 Å². The molecule has 4 aliphatic heterocycles. The van der Waals surface area contributed by atoms with Crippen LogP contribution in [0.15, 0.2) is 12.2 Å². The summed E-state index contributed by atoms with van der Waals surface area (Å²) < 4.78 is 0. The van der Waals surface area contributed by atoms with Gasteiger partial charge in [-0.05, 0) is 45.2 Å². The molecule has 7 nitrogen and oxygen atoms in total. The summed E-state index contributed by atoms with van der Waals surface area (Å²) in [4.78, 5) is 44.8. The number of carbonyl (C=O) groups is 3. The Labute approximate surface area is 167 Å². The molecule has 0 radical (unpaired) electrons. The Morgan fingerprint density at radius 2 is 1.79 bits per heavy atom. The Balaban J connectivity index is 1.26. The molecule has 4 saturated heterocycles. The highest BCUT2D eigenvalue weighted by Crippen LogP contribution is 2.52. The predicted octanol–water partition coefficient (Wildman–Crippen LogP) is 0.565. The monoisotopic (exact) mass is 388 g/mol. The third kappa shape index (κ3) is 3.45. The summed E-state index contributed by atoms with van der Waals surface area (Å²) in [6.45, 7) is 5.38. The Morgan fingerprint density at radius 3 is 2.36 bits per heavy atom. The van der Waals surface area contributed by atoms with Crippen LogP contribution in [0.5, 0.6) is 0 Å². The molecule has 7 heteroatoms. The van der Waals surface area contributed by atoms with Crippen molar-refractivity contribution >= 4 is 17.7 Å². The van der Waals surface area contributed by atoms with E-state index in [1.807, 2.05) is 39.8 Å². The van der Waals surface area contributed by atoms with Crippen molar-refractivity contribution in [3.8, 4) is 0 Å². The fourth-order valence-electron chi connectivity index (χ4n) is 5.56. The fourth-order valence-corrected chi connectivity index (χ4v) is 5.56.